The number of hydrogen-bond acceptors (Lipinski definition) is 5. The lowest BCUT2D eigenvalue weighted by Gasteiger charge is -2.49. The Kier molecular flexibility index (Phi) is 4.31. The zero-order valence-corrected chi connectivity index (χ0v) is 11.0. The Hall–Kier alpha value is -0.200. The molecule has 0 aromatic heterocycles. The molecule has 0 saturated carbocycles. The first kappa shape index (κ1) is 13.9. The van der Waals surface area contributed by atoms with Crippen molar-refractivity contribution in [2.45, 2.75) is 18.3 Å². The number of methoxy groups -OCH3 is 2. The van der Waals surface area contributed by atoms with E-state index in [1.165, 1.54) is 0 Å². The normalized spacial score (nSPS) is 24.2. The van der Waals surface area contributed by atoms with Crippen LogP contribution in [0.2, 0.25) is 0 Å². The van der Waals surface area contributed by atoms with Crippen molar-refractivity contribution >= 4 is 0 Å². The summed E-state index contributed by atoms with van der Waals surface area (Å²) in [5.74, 6) is -0.464. The van der Waals surface area contributed by atoms with Crippen LogP contribution >= 0.6 is 0 Å². The van der Waals surface area contributed by atoms with E-state index in [4.69, 9.17) is 9.47 Å². The first-order chi connectivity index (χ1) is 7.32. The van der Waals surface area contributed by atoms with Crippen molar-refractivity contribution in [3.63, 3.8) is 0 Å². The molecule has 5 heteroatoms. The lowest BCUT2D eigenvalue weighted by Crippen LogP contribution is -2.66. The quantitative estimate of drug-likeness (QED) is 0.632. The van der Waals surface area contributed by atoms with Crippen molar-refractivity contribution < 1.29 is 14.6 Å². The Morgan fingerprint density at radius 2 is 1.81 bits per heavy atom. The first-order valence-electron chi connectivity index (χ1n) is 5.52. The van der Waals surface area contributed by atoms with Crippen molar-refractivity contribution in [1.82, 2.24) is 9.80 Å². The largest absolute Gasteiger partial charge is 0.388 e. The van der Waals surface area contributed by atoms with Gasteiger partial charge in [0.15, 0.2) is 5.79 Å². The summed E-state index contributed by atoms with van der Waals surface area (Å²) in [5.41, 5.74) is -0.697. The third-order valence-corrected chi connectivity index (χ3v) is 2.89. The van der Waals surface area contributed by atoms with E-state index in [-0.39, 0.29) is 0 Å². The van der Waals surface area contributed by atoms with Gasteiger partial charge in [-0.25, -0.2) is 0 Å². The lowest BCUT2D eigenvalue weighted by atomic mass is 10.0. The molecule has 1 aliphatic heterocycles. The third kappa shape index (κ3) is 3.40. The number of β-amino-alcohol motifs (C(OH)–C–C–N with tert-alkyl or cyclic N) is 1. The van der Waals surface area contributed by atoms with Gasteiger partial charge in [-0.1, -0.05) is 0 Å². The second-order valence-corrected chi connectivity index (χ2v) is 5.20. The Labute approximate surface area is 97.9 Å². The standard InChI is InChI=1S/C11H24N2O3/c1-10(14,6-12(2)3)7-13-8-11(9-13,15-4)16-5/h14H,6-9H2,1-5H3. The molecule has 0 spiro atoms. The molecular weight excluding hydrogens is 208 g/mol. The third-order valence-electron chi connectivity index (χ3n) is 2.89. The van der Waals surface area contributed by atoms with E-state index in [2.05, 4.69) is 4.90 Å². The van der Waals surface area contributed by atoms with Gasteiger partial charge in [0.1, 0.15) is 0 Å². The summed E-state index contributed by atoms with van der Waals surface area (Å²) in [6.45, 7) is 4.57. The molecular formula is C11H24N2O3. The van der Waals surface area contributed by atoms with Gasteiger partial charge in [0.05, 0.1) is 18.7 Å². The number of likely N-dealkylation sites (N-methyl/N-ethyl adjacent to an activating group) is 1. The van der Waals surface area contributed by atoms with E-state index in [0.29, 0.717) is 26.2 Å². The smallest absolute Gasteiger partial charge is 0.193 e. The number of ether oxygens (including phenoxy) is 2. The SMILES string of the molecule is COC1(OC)CN(CC(C)(O)CN(C)C)C1. The van der Waals surface area contributed by atoms with Crippen LogP contribution in [0.1, 0.15) is 6.92 Å². The minimum absolute atomic E-state index is 0.464. The molecule has 1 N–H and O–H groups in total. The van der Waals surface area contributed by atoms with Crippen molar-refractivity contribution in [1.29, 1.82) is 0 Å². The predicted molar refractivity (Wildman–Crippen MR) is 62.4 cm³/mol. The van der Waals surface area contributed by atoms with Gasteiger partial charge in [-0.05, 0) is 21.0 Å². The minimum Gasteiger partial charge on any atom is -0.388 e. The van der Waals surface area contributed by atoms with E-state index >= 15 is 0 Å². The van der Waals surface area contributed by atoms with Gasteiger partial charge in [-0.3, -0.25) is 4.90 Å². The zero-order chi connectivity index (χ0) is 12.4. The van der Waals surface area contributed by atoms with Crippen LogP contribution in [0, 0.1) is 0 Å². The zero-order valence-electron chi connectivity index (χ0n) is 11.0. The molecule has 0 aliphatic carbocycles. The van der Waals surface area contributed by atoms with E-state index in [1.807, 2.05) is 25.9 Å². The average Bonchev–Trinajstić information content (AvgIpc) is 2.08. The maximum atomic E-state index is 10.2. The van der Waals surface area contributed by atoms with E-state index in [1.54, 1.807) is 14.2 Å². The van der Waals surface area contributed by atoms with Crippen LogP contribution in [0.5, 0.6) is 0 Å². The van der Waals surface area contributed by atoms with Crippen LogP contribution in [0.4, 0.5) is 0 Å². The molecule has 5 nitrogen and oxygen atoms in total. The Morgan fingerprint density at radius 3 is 2.19 bits per heavy atom. The van der Waals surface area contributed by atoms with Crippen molar-refractivity contribution in [3.05, 3.63) is 0 Å². The summed E-state index contributed by atoms with van der Waals surface area (Å²) in [4.78, 5) is 4.12. The van der Waals surface area contributed by atoms with Crippen LogP contribution in [0.25, 0.3) is 0 Å². The van der Waals surface area contributed by atoms with Crippen LogP contribution in [-0.4, -0.2) is 80.8 Å². The van der Waals surface area contributed by atoms with Crippen molar-refractivity contribution in [2.24, 2.45) is 0 Å². The Bertz CT molecular complexity index is 219. The van der Waals surface area contributed by atoms with Gasteiger partial charge in [0.2, 0.25) is 0 Å². The molecule has 1 heterocycles. The number of hydrogen-bond donors (Lipinski definition) is 1. The first-order valence-corrected chi connectivity index (χ1v) is 5.52. The molecule has 16 heavy (non-hydrogen) atoms. The monoisotopic (exact) mass is 232 g/mol. The lowest BCUT2D eigenvalue weighted by molar-refractivity contribution is -0.280. The van der Waals surface area contributed by atoms with Gasteiger partial charge in [0.25, 0.3) is 0 Å². The van der Waals surface area contributed by atoms with Crippen LogP contribution in [-0.2, 0) is 9.47 Å². The van der Waals surface area contributed by atoms with Gasteiger partial charge in [-0.15, -0.1) is 0 Å². The molecule has 1 aliphatic rings. The number of aliphatic hydroxyl groups is 1. The maximum Gasteiger partial charge on any atom is 0.193 e. The number of likely N-dealkylation sites (tertiary alicyclic amines) is 1. The highest BCUT2D eigenvalue weighted by atomic mass is 16.7. The fourth-order valence-corrected chi connectivity index (χ4v) is 2.30. The van der Waals surface area contributed by atoms with Crippen molar-refractivity contribution in [3.8, 4) is 0 Å². The second kappa shape index (κ2) is 4.98. The highest BCUT2D eigenvalue weighted by molar-refractivity contribution is 4.93. The van der Waals surface area contributed by atoms with Crippen LogP contribution in [0.15, 0.2) is 0 Å². The molecule has 0 aromatic rings. The van der Waals surface area contributed by atoms with Crippen molar-refractivity contribution in [2.75, 3.05) is 54.5 Å². The summed E-state index contributed by atoms with van der Waals surface area (Å²) in [5, 5.41) is 10.2. The fourth-order valence-electron chi connectivity index (χ4n) is 2.30. The minimum atomic E-state index is -0.697. The fraction of sp³-hybridized carbons (Fsp3) is 1.00. The highest BCUT2D eigenvalue weighted by Gasteiger charge is 2.45. The van der Waals surface area contributed by atoms with E-state index in [0.717, 1.165) is 0 Å². The van der Waals surface area contributed by atoms with Crippen LogP contribution < -0.4 is 0 Å². The van der Waals surface area contributed by atoms with Gasteiger partial charge in [0, 0.05) is 27.3 Å². The summed E-state index contributed by atoms with van der Waals surface area (Å²) < 4.78 is 10.6. The Balaban J connectivity index is 2.36. The molecule has 0 radical (unpaired) electrons. The molecule has 1 saturated heterocycles. The molecule has 1 unspecified atom stereocenters. The average molecular weight is 232 g/mol. The summed E-state index contributed by atoms with van der Waals surface area (Å²) in [7, 11) is 7.22. The second-order valence-electron chi connectivity index (χ2n) is 5.20. The van der Waals surface area contributed by atoms with Gasteiger partial charge in [-0.2, -0.15) is 0 Å². The molecule has 0 bridgehead atoms. The molecule has 96 valence electrons. The van der Waals surface area contributed by atoms with Gasteiger partial charge >= 0.3 is 0 Å². The molecule has 0 amide bonds. The predicted octanol–water partition coefficient (Wildman–Crippen LogP) is -0.396. The highest BCUT2D eigenvalue weighted by Crippen LogP contribution is 2.26. The maximum absolute atomic E-state index is 10.2. The molecule has 0 aromatic carbocycles. The summed E-state index contributed by atoms with van der Waals surface area (Å²) in [6.07, 6.45) is 0. The summed E-state index contributed by atoms with van der Waals surface area (Å²) in [6, 6.07) is 0. The molecule has 1 atom stereocenters. The topological polar surface area (TPSA) is 45.2 Å². The number of rotatable bonds is 6. The molecule has 1 fully saturated rings. The number of nitrogens with zero attached hydrogens (tertiary/aromatic N) is 2. The molecule has 1 rings (SSSR count). The summed E-state index contributed by atoms with van der Waals surface area (Å²) >= 11 is 0. The van der Waals surface area contributed by atoms with Crippen LogP contribution in [0.3, 0.4) is 0 Å². The van der Waals surface area contributed by atoms with Gasteiger partial charge < -0.3 is 19.5 Å². The van der Waals surface area contributed by atoms with E-state index < -0.39 is 11.4 Å². The van der Waals surface area contributed by atoms with E-state index in [9.17, 15) is 5.11 Å². The Morgan fingerprint density at radius 1 is 1.31 bits per heavy atom.